The van der Waals surface area contributed by atoms with Gasteiger partial charge in [0.15, 0.2) is 0 Å². The molecule has 0 unspecified atom stereocenters. The molecule has 0 fully saturated rings. The Kier molecular flexibility index (Phi) is 1.70. The Hall–Kier alpha value is -1.55. The maximum atomic E-state index is 10.9. The van der Waals surface area contributed by atoms with E-state index < -0.39 is 5.91 Å². The lowest BCUT2D eigenvalue weighted by atomic mass is 10.2. The number of anilines is 1. The fourth-order valence-corrected chi connectivity index (χ4v) is 2.14. The normalized spacial score (nSPS) is 10.5. The molecule has 0 aliphatic heterocycles. The number of rotatable bonds is 1. The second-order valence-corrected chi connectivity index (χ2v) is 3.79. The van der Waals surface area contributed by atoms with E-state index in [1.165, 1.54) is 11.3 Å². The summed E-state index contributed by atoms with van der Waals surface area (Å²) in [7, 11) is 0. The number of benzene rings is 1. The molecule has 0 saturated carbocycles. The van der Waals surface area contributed by atoms with Crippen LogP contribution in [0.2, 0.25) is 0 Å². The van der Waals surface area contributed by atoms with Gasteiger partial charge in [-0.25, -0.2) is 0 Å². The van der Waals surface area contributed by atoms with Gasteiger partial charge in [-0.3, -0.25) is 4.79 Å². The van der Waals surface area contributed by atoms with Crippen LogP contribution in [-0.4, -0.2) is 5.91 Å². The zero-order valence-corrected chi connectivity index (χ0v) is 7.60. The molecule has 0 bridgehead atoms. The van der Waals surface area contributed by atoms with E-state index >= 15 is 0 Å². The standard InChI is InChI=1S/C9H8N2OS/c10-6-3-1-2-5-4-7(9(11)12)13-8(5)6/h1-4H,10H2,(H2,11,12). The van der Waals surface area contributed by atoms with Gasteiger partial charge in [-0.2, -0.15) is 0 Å². The second kappa shape index (κ2) is 2.74. The van der Waals surface area contributed by atoms with E-state index in [9.17, 15) is 4.79 Å². The van der Waals surface area contributed by atoms with E-state index in [1.54, 1.807) is 6.07 Å². The Labute approximate surface area is 79.0 Å². The van der Waals surface area contributed by atoms with Crippen LogP contribution < -0.4 is 11.5 Å². The number of thiophene rings is 1. The molecule has 3 nitrogen and oxygen atoms in total. The third-order valence-corrected chi connectivity index (χ3v) is 3.03. The predicted molar refractivity (Wildman–Crippen MR) is 54.8 cm³/mol. The molecule has 13 heavy (non-hydrogen) atoms. The molecule has 0 aliphatic rings. The Morgan fingerprint density at radius 3 is 2.77 bits per heavy atom. The minimum Gasteiger partial charge on any atom is -0.398 e. The van der Waals surface area contributed by atoms with Crippen LogP contribution in [0.3, 0.4) is 0 Å². The van der Waals surface area contributed by atoms with Crippen molar-refractivity contribution in [2.75, 3.05) is 5.73 Å². The van der Waals surface area contributed by atoms with Crippen LogP contribution in [0.4, 0.5) is 5.69 Å². The molecule has 1 amide bonds. The average Bonchev–Trinajstić information content (AvgIpc) is 2.49. The lowest BCUT2D eigenvalue weighted by molar-refractivity contribution is 0.100. The molecule has 0 atom stereocenters. The van der Waals surface area contributed by atoms with Crippen LogP contribution in [0.15, 0.2) is 24.3 Å². The molecule has 4 N–H and O–H groups in total. The zero-order chi connectivity index (χ0) is 9.42. The van der Waals surface area contributed by atoms with Crippen molar-refractivity contribution in [1.82, 2.24) is 0 Å². The van der Waals surface area contributed by atoms with E-state index in [4.69, 9.17) is 11.5 Å². The summed E-state index contributed by atoms with van der Waals surface area (Å²) in [5.74, 6) is -0.402. The number of hydrogen-bond donors (Lipinski definition) is 2. The average molecular weight is 192 g/mol. The lowest BCUT2D eigenvalue weighted by Crippen LogP contribution is -2.07. The number of primary amides is 1. The van der Waals surface area contributed by atoms with Crippen LogP contribution in [0.1, 0.15) is 9.67 Å². The van der Waals surface area contributed by atoms with Crippen LogP contribution >= 0.6 is 11.3 Å². The highest BCUT2D eigenvalue weighted by atomic mass is 32.1. The Morgan fingerprint density at radius 2 is 2.15 bits per heavy atom. The summed E-state index contributed by atoms with van der Waals surface area (Å²) in [5, 5.41) is 0.971. The van der Waals surface area contributed by atoms with Crippen molar-refractivity contribution in [3.8, 4) is 0 Å². The first-order valence-corrected chi connectivity index (χ1v) is 4.58. The van der Waals surface area contributed by atoms with E-state index in [0.29, 0.717) is 10.6 Å². The van der Waals surface area contributed by atoms with Gasteiger partial charge in [-0.1, -0.05) is 12.1 Å². The molecule has 1 aromatic carbocycles. The van der Waals surface area contributed by atoms with Gasteiger partial charge in [0.05, 0.1) is 9.58 Å². The van der Waals surface area contributed by atoms with Crippen molar-refractivity contribution in [1.29, 1.82) is 0 Å². The molecule has 0 saturated heterocycles. The second-order valence-electron chi connectivity index (χ2n) is 2.74. The van der Waals surface area contributed by atoms with Gasteiger partial charge < -0.3 is 11.5 Å². The SMILES string of the molecule is NC(=O)c1cc2cccc(N)c2s1. The number of carbonyl (C=O) groups excluding carboxylic acids is 1. The summed E-state index contributed by atoms with van der Waals surface area (Å²) < 4.78 is 0.927. The Morgan fingerprint density at radius 1 is 1.38 bits per heavy atom. The molecule has 0 spiro atoms. The molecular formula is C9H8N2OS. The summed E-state index contributed by atoms with van der Waals surface area (Å²) in [6.07, 6.45) is 0. The summed E-state index contributed by atoms with van der Waals surface area (Å²) in [6, 6.07) is 7.34. The summed E-state index contributed by atoms with van der Waals surface area (Å²) >= 11 is 1.33. The number of carbonyl (C=O) groups is 1. The molecule has 1 aromatic heterocycles. The predicted octanol–water partition coefficient (Wildman–Crippen LogP) is 1.58. The fourth-order valence-electron chi connectivity index (χ4n) is 1.21. The van der Waals surface area contributed by atoms with Crippen molar-refractivity contribution in [2.45, 2.75) is 0 Å². The zero-order valence-electron chi connectivity index (χ0n) is 6.78. The highest BCUT2D eigenvalue weighted by molar-refractivity contribution is 7.21. The molecule has 4 heteroatoms. The first kappa shape index (κ1) is 8.07. The Balaban J connectivity index is 2.75. The van der Waals surface area contributed by atoms with Crippen LogP contribution in [0.25, 0.3) is 10.1 Å². The third kappa shape index (κ3) is 1.25. The van der Waals surface area contributed by atoms with Crippen LogP contribution in [-0.2, 0) is 0 Å². The van der Waals surface area contributed by atoms with E-state index in [2.05, 4.69) is 0 Å². The number of amides is 1. The lowest BCUT2D eigenvalue weighted by Gasteiger charge is -1.91. The van der Waals surface area contributed by atoms with Gasteiger partial charge >= 0.3 is 0 Å². The molecule has 2 aromatic rings. The summed E-state index contributed by atoms with van der Waals surface area (Å²) in [4.78, 5) is 11.4. The molecule has 0 aliphatic carbocycles. The number of nitrogens with two attached hydrogens (primary N) is 2. The minimum atomic E-state index is -0.402. The van der Waals surface area contributed by atoms with Gasteiger partial charge in [-0.15, -0.1) is 11.3 Å². The largest absolute Gasteiger partial charge is 0.398 e. The quantitative estimate of drug-likeness (QED) is 0.673. The van der Waals surface area contributed by atoms with Gasteiger partial charge in [-0.05, 0) is 17.5 Å². The summed E-state index contributed by atoms with van der Waals surface area (Å²) in [5.41, 5.74) is 11.6. The van der Waals surface area contributed by atoms with Crippen molar-refractivity contribution in [3.05, 3.63) is 29.1 Å². The molecule has 2 rings (SSSR count). The van der Waals surface area contributed by atoms with E-state index in [0.717, 1.165) is 10.1 Å². The van der Waals surface area contributed by atoms with Crippen molar-refractivity contribution < 1.29 is 4.79 Å². The number of nitrogen functional groups attached to an aromatic ring is 1. The fraction of sp³-hybridized carbons (Fsp3) is 0. The van der Waals surface area contributed by atoms with Gasteiger partial charge in [0.25, 0.3) is 5.91 Å². The van der Waals surface area contributed by atoms with E-state index in [-0.39, 0.29) is 0 Å². The third-order valence-electron chi connectivity index (χ3n) is 1.82. The highest BCUT2D eigenvalue weighted by Gasteiger charge is 2.07. The van der Waals surface area contributed by atoms with Crippen molar-refractivity contribution in [3.63, 3.8) is 0 Å². The monoisotopic (exact) mass is 192 g/mol. The minimum absolute atomic E-state index is 0.402. The number of hydrogen-bond acceptors (Lipinski definition) is 3. The first-order chi connectivity index (χ1) is 6.18. The maximum Gasteiger partial charge on any atom is 0.258 e. The summed E-state index contributed by atoms with van der Waals surface area (Å²) in [6.45, 7) is 0. The van der Waals surface area contributed by atoms with Crippen LogP contribution in [0, 0.1) is 0 Å². The highest BCUT2D eigenvalue weighted by Crippen LogP contribution is 2.29. The Bertz CT molecular complexity index is 475. The van der Waals surface area contributed by atoms with Gasteiger partial charge in [0.2, 0.25) is 0 Å². The first-order valence-electron chi connectivity index (χ1n) is 3.76. The van der Waals surface area contributed by atoms with Crippen LogP contribution in [0.5, 0.6) is 0 Å². The van der Waals surface area contributed by atoms with Gasteiger partial charge in [0.1, 0.15) is 0 Å². The van der Waals surface area contributed by atoms with Gasteiger partial charge in [0, 0.05) is 5.69 Å². The molecular weight excluding hydrogens is 184 g/mol. The molecule has 1 heterocycles. The van der Waals surface area contributed by atoms with E-state index in [1.807, 2.05) is 18.2 Å². The molecule has 0 radical (unpaired) electrons. The maximum absolute atomic E-state index is 10.9. The number of fused-ring (bicyclic) bond motifs is 1. The topological polar surface area (TPSA) is 69.1 Å². The smallest absolute Gasteiger partial charge is 0.258 e. The molecule has 66 valence electrons. The van der Waals surface area contributed by atoms with Crippen molar-refractivity contribution in [2.24, 2.45) is 5.73 Å². The van der Waals surface area contributed by atoms with Crippen molar-refractivity contribution >= 4 is 33.0 Å².